The van der Waals surface area contributed by atoms with E-state index in [1.54, 1.807) is 0 Å². The molecule has 0 aromatic heterocycles. The standard InChI is InChI=1S/C22H36N4O2.HI/c1-4-23-21(24-15-12-20(27)26(5-2)6-3)25-18-22(13-16-28-17-14-22)19-10-8-7-9-11-19;/h7-11H,4-6,12-18H2,1-3H3,(H2,23,24,25);1H. The molecule has 6 nitrogen and oxygen atoms in total. The Kier molecular flexibility index (Phi) is 12.2. The Balaban J connectivity index is 0.00000420. The fraction of sp³-hybridized carbons (Fsp3) is 0.636. The molecule has 1 saturated heterocycles. The van der Waals surface area contributed by atoms with E-state index in [1.165, 1.54) is 5.56 Å². The fourth-order valence-electron chi connectivity index (χ4n) is 3.69. The van der Waals surface area contributed by atoms with Crippen LogP contribution in [0.25, 0.3) is 0 Å². The average molecular weight is 516 g/mol. The summed E-state index contributed by atoms with van der Waals surface area (Å²) in [6.45, 7) is 11.2. The fourth-order valence-corrected chi connectivity index (χ4v) is 3.69. The maximum absolute atomic E-state index is 12.2. The third-order valence-corrected chi connectivity index (χ3v) is 5.47. The monoisotopic (exact) mass is 516 g/mol. The van der Waals surface area contributed by atoms with E-state index in [9.17, 15) is 4.79 Å². The van der Waals surface area contributed by atoms with Gasteiger partial charge in [0.15, 0.2) is 5.96 Å². The lowest BCUT2D eigenvalue weighted by atomic mass is 9.74. The molecule has 29 heavy (non-hydrogen) atoms. The number of nitrogens with one attached hydrogen (secondary N) is 2. The van der Waals surface area contributed by atoms with Gasteiger partial charge in [-0.3, -0.25) is 9.79 Å². The zero-order chi connectivity index (χ0) is 20.2. The molecule has 1 fully saturated rings. The topological polar surface area (TPSA) is 66.0 Å². The molecule has 1 aliphatic heterocycles. The van der Waals surface area contributed by atoms with Gasteiger partial charge in [-0.1, -0.05) is 30.3 Å². The highest BCUT2D eigenvalue weighted by Gasteiger charge is 2.34. The molecule has 1 amide bonds. The van der Waals surface area contributed by atoms with Crippen LogP contribution in [0.1, 0.15) is 45.6 Å². The maximum Gasteiger partial charge on any atom is 0.224 e. The Hall–Kier alpha value is -1.35. The van der Waals surface area contributed by atoms with Crippen molar-refractivity contribution < 1.29 is 9.53 Å². The van der Waals surface area contributed by atoms with Crippen molar-refractivity contribution in [2.75, 3.05) is 45.9 Å². The molecule has 0 radical (unpaired) electrons. The quantitative estimate of drug-likeness (QED) is 0.301. The minimum atomic E-state index is 0. The summed E-state index contributed by atoms with van der Waals surface area (Å²) in [6.07, 6.45) is 2.42. The van der Waals surface area contributed by atoms with E-state index in [-0.39, 0.29) is 35.3 Å². The molecular formula is C22H37IN4O2. The van der Waals surface area contributed by atoms with E-state index < -0.39 is 0 Å². The van der Waals surface area contributed by atoms with Crippen LogP contribution in [-0.4, -0.2) is 62.7 Å². The number of aliphatic imine (C=N–C) groups is 1. The van der Waals surface area contributed by atoms with Crippen molar-refractivity contribution in [2.45, 2.75) is 45.4 Å². The Morgan fingerprint density at radius 2 is 1.76 bits per heavy atom. The number of halogens is 1. The van der Waals surface area contributed by atoms with Gasteiger partial charge >= 0.3 is 0 Å². The lowest BCUT2D eigenvalue weighted by molar-refractivity contribution is -0.130. The average Bonchev–Trinajstić information content (AvgIpc) is 2.74. The molecule has 2 rings (SSSR count). The van der Waals surface area contributed by atoms with E-state index in [0.717, 1.165) is 51.6 Å². The van der Waals surface area contributed by atoms with Gasteiger partial charge < -0.3 is 20.3 Å². The van der Waals surface area contributed by atoms with E-state index in [1.807, 2.05) is 18.7 Å². The Bertz CT molecular complexity index is 614. The lowest BCUT2D eigenvalue weighted by Gasteiger charge is -2.36. The number of hydrogen-bond acceptors (Lipinski definition) is 3. The summed E-state index contributed by atoms with van der Waals surface area (Å²) in [5.41, 5.74) is 1.34. The molecule has 2 N–H and O–H groups in total. The summed E-state index contributed by atoms with van der Waals surface area (Å²) in [6, 6.07) is 10.6. The molecule has 0 atom stereocenters. The molecule has 0 aliphatic carbocycles. The molecule has 0 saturated carbocycles. The number of carbonyl (C=O) groups excluding carboxylic acids is 1. The second kappa shape index (κ2) is 13.8. The molecule has 164 valence electrons. The predicted molar refractivity (Wildman–Crippen MR) is 130 cm³/mol. The van der Waals surface area contributed by atoms with Crippen molar-refractivity contribution in [2.24, 2.45) is 4.99 Å². The zero-order valence-electron chi connectivity index (χ0n) is 18.1. The van der Waals surface area contributed by atoms with Gasteiger partial charge in [0.25, 0.3) is 0 Å². The van der Waals surface area contributed by atoms with Crippen molar-refractivity contribution >= 4 is 35.8 Å². The van der Waals surface area contributed by atoms with Gasteiger partial charge in [-0.2, -0.15) is 0 Å². The van der Waals surface area contributed by atoms with E-state index in [2.05, 4.69) is 47.9 Å². The van der Waals surface area contributed by atoms with Crippen LogP contribution in [-0.2, 0) is 14.9 Å². The summed E-state index contributed by atoms with van der Waals surface area (Å²) in [7, 11) is 0. The number of ether oxygens (including phenoxy) is 1. The molecule has 0 unspecified atom stereocenters. The minimum Gasteiger partial charge on any atom is -0.381 e. The zero-order valence-corrected chi connectivity index (χ0v) is 20.4. The highest BCUT2D eigenvalue weighted by atomic mass is 127. The SMILES string of the molecule is CCNC(=NCC1(c2ccccc2)CCOCC1)NCCC(=O)N(CC)CC.I. The van der Waals surface area contributed by atoms with Crippen molar-refractivity contribution in [3.8, 4) is 0 Å². The van der Waals surface area contributed by atoms with E-state index >= 15 is 0 Å². The molecule has 0 bridgehead atoms. The molecule has 0 spiro atoms. The number of guanidine groups is 1. The molecular weight excluding hydrogens is 479 g/mol. The Morgan fingerprint density at radius 1 is 1.10 bits per heavy atom. The second-order valence-electron chi connectivity index (χ2n) is 7.20. The first kappa shape index (κ1) is 25.7. The van der Waals surface area contributed by atoms with Crippen LogP contribution in [0.5, 0.6) is 0 Å². The molecule has 1 heterocycles. The van der Waals surface area contributed by atoms with Crippen molar-refractivity contribution in [1.82, 2.24) is 15.5 Å². The van der Waals surface area contributed by atoms with E-state index in [4.69, 9.17) is 9.73 Å². The van der Waals surface area contributed by atoms with Crippen LogP contribution in [0.4, 0.5) is 0 Å². The van der Waals surface area contributed by atoms with Crippen LogP contribution < -0.4 is 10.6 Å². The van der Waals surface area contributed by atoms with Crippen LogP contribution >= 0.6 is 24.0 Å². The van der Waals surface area contributed by atoms with Crippen molar-refractivity contribution in [3.63, 3.8) is 0 Å². The summed E-state index contributed by atoms with van der Waals surface area (Å²) in [5, 5.41) is 6.63. The second-order valence-corrected chi connectivity index (χ2v) is 7.20. The van der Waals surface area contributed by atoms with Gasteiger partial charge in [-0.15, -0.1) is 24.0 Å². The number of nitrogens with zero attached hydrogens (tertiary/aromatic N) is 2. The predicted octanol–water partition coefficient (Wildman–Crippen LogP) is 3.17. The van der Waals surface area contributed by atoms with Crippen LogP contribution in [0, 0.1) is 0 Å². The number of hydrogen-bond donors (Lipinski definition) is 2. The maximum atomic E-state index is 12.2. The van der Waals surface area contributed by atoms with Gasteiger partial charge in [-0.05, 0) is 39.2 Å². The minimum absolute atomic E-state index is 0. The van der Waals surface area contributed by atoms with Gasteiger partial charge in [0.05, 0.1) is 6.54 Å². The normalized spacial score (nSPS) is 15.9. The number of rotatable bonds is 9. The molecule has 1 aromatic rings. The Labute approximate surface area is 192 Å². The van der Waals surface area contributed by atoms with Gasteiger partial charge in [0, 0.05) is 51.2 Å². The van der Waals surface area contributed by atoms with Crippen LogP contribution in [0.2, 0.25) is 0 Å². The third-order valence-electron chi connectivity index (χ3n) is 5.47. The van der Waals surface area contributed by atoms with E-state index in [0.29, 0.717) is 19.5 Å². The summed E-state index contributed by atoms with van der Waals surface area (Å²) < 4.78 is 5.61. The van der Waals surface area contributed by atoms with Crippen LogP contribution in [0.3, 0.4) is 0 Å². The van der Waals surface area contributed by atoms with Crippen molar-refractivity contribution in [3.05, 3.63) is 35.9 Å². The first-order chi connectivity index (χ1) is 13.6. The smallest absolute Gasteiger partial charge is 0.224 e. The lowest BCUT2D eigenvalue weighted by Crippen LogP contribution is -2.42. The first-order valence-corrected chi connectivity index (χ1v) is 10.6. The molecule has 7 heteroatoms. The summed E-state index contributed by atoms with van der Waals surface area (Å²) in [5.74, 6) is 0.954. The van der Waals surface area contributed by atoms with Gasteiger partial charge in [-0.25, -0.2) is 0 Å². The van der Waals surface area contributed by atoms with Crippen molar-refractivity contribution in [1.29, 1.82) is 0 Å². The summed E-state index contributed by atoms with van der Waals surface area (Å²) >= 11 is 0. The largest absolute Gasteiger partial charge is 0.381 e. The highest BCUT2D eigenvalue weighted by molar-refractivity contribution is 14.0. The molecule has 1 aromatic carbocycles. The van der Waals surface area contributed by atoms with Crippen LogP contribution in [0.15, 0.2) is 35.3 Å². The third kappa shape index (κ3) is 7.77. The number of benzene rings is 1. The van der Waals surface area contributed by atoms with Gasteiger partial charge in [0.1, 0.15) is 0 Å². The highest BCUT2D eigenvalue weighted by Crippen LogP contribution is 2.35. The first-order valence-electron chi connectivity index (χ1n) is 10.6. The summed E-state index contributed by atoms with van der Waals surface area (Å²) in [4.78, 5) is 18.9. The van der Waals surface area contributed by atoms with Gasteiger partial charge in [0.2, 0.25) is 5.91 Å². The molecule has 1 aliphatic rings. The Morgan fingerprint density at radius 3 is 2.34 bits per heavy atom. The number of amides is 1. The number of carbonyl (C=O) groups is 1.